The smallest absolute Gasteiger partial charge is 0.274 e. The predicted octanol–water partition coefficient (Wildman–Crippen LogP) is 4.51. The summed E-state index contributed by atoms with van der Waals surface area (Å²) in [5.74, 6) is 0.843. The lowest BCUT2D eigenvalue weighted by Crippen LogP contribution is -2.16. The molecule has 0 aliphatic rings. The second-order valence-electron chi connectivity index (χ2n) is 6.80. The van der Waals surface area contributed by atoms with Gasteiger partial charge in [0.05, 0.1) is 11.2 Å². The van der Waals surface area contributed by atoms with Gasteiger partial charge in [0.15, 0.2) is 0 Å². The molecule has 4 rings (SSSR count). The Balaban J connectivity index is 1.55. The number of aromatic nitrogens is 3. The fraction of sp³-hybridized carbons (Fsp3) is 0.130. The number of nitrogens with zero attached hydrogens (tertiary/aromatic N) is 3. The van der Waals surface area contributed by atoms with Crippen molar-refractivity contribution in [2.75, 3.05) is 10.6 Å². The molecule has 6 nitrogen and oxygen atoms in total. The zero-order valence-electron chi connectivity index (χ0n) is 16.3. The van der Waals surface area contributed by atoms with E-state index in [1.54, 1.807) is 19.2 Å². The Morgan fingerprint density at radius 1 is 0.966 bits per heavy atom. The molecule has 0 unspecified atom stereocenters. The van der Waals surface area contributed by atoms with Crippen LogP contribution in [0.2, 0.25) is 0 Å². The van der Waals surface area contributed by atoms with Crippen molar-refractivity contribution in [2.45, 2.75) is 20.4 Å². The quantitative estimate of drug-likeness (QED) is 0.530. The Labute approximate surface area is 169 Å². The van der Waals surface area contributed by atoms with Crippen LogP contribution in [0.5, 0.6) is 0 Å². The number of hydrogen-bond donors (Lipinski definition) is 2. The van der Waals surface area contributed by atoms with Gasteiger partial charge in [-0.1, -0.05) is 42.5 Å². The Morgan fingerprint density at radius 3 is 2.66 bits per heavy atom. The average Bonchev–Trinajstić information content (AvgIpc) is 2.73. The Kier molecular flexibility index (Phi) is 5.16. The third-order valence-electron chi connectivity index (χ3n) is 4.67. The highest BCUT2D eigenvalue weighted by atomic mass is 16.1. The van der Waals surface area contributed by atoms with Crippen LogP contribution in [0.15, 0.2) is 66.9 Å². The molecule has 2 aromatic heterocycles. The number of para-hydroxylation sites is 1. The number of carbonyl (C=O) groups is 1. The predicted molar refractivity (Wildman–Crippen MR) is 115 cm³/mol. The second-order valence-corrected chi connectivity index (χ2v) is 6.80. The molecule has 4 aromatic rings. The van der Waals surface area contributed by atoms with Gasteiger partial charge in [0.1, 0.15) is 17.3 Å². The number of amides is 1. The van der Waals surface area contributed by atoms with E-state index in [1.807, 2.05) is 42.5 Å². The van der Waals surface area contributed by atoms with Crippen molar-refractivity contribution in [3.8, 4) is 0 Å². The number of nitrogens with one attached hydrogen (secondary N) is 2. The third kappa shape index (κ3) is 4.21. The molecular weight excluding hydrogens is 362 g/mol. The highest BCUT2D eigenvalue weighted by Crippen LogP contribution is 2.21. The monoisotopic (exact) mass is 383 g/mol. The van der Waals surface area contributed by atoms with Crippen LogP contribution < -0.4 is 10.6 Å². The number of carbonyl (C=O) groups excluding carboxylic acids is 1. The summed E-state index contributed by atoms with van der Waals surface area (Å²) < 4.78 is 0. The second kappa shape index (κ2) is 8.06. The lowest BCUT2D eigenvalue weighted by atomic mass is 10.1. The minimum atomic E-state index is -0.299. The fourth-order valence-electron chi connectivity index (χ4n) is 3.16. The molecule has 29 heavy (non-hydrogen) atoms. The number of anilines is 2. The molecule has 2 N–H and O–H groups in total. The van der Waals surface area contributed by atoms with E-state index in [1.165, 1.54) is 11.1 Å². The number of benzene rings is 2. The molecule has 0 saturated heterocycles. The molecular formula is C23H21N5O. The number of fused-ring (bicyclic) bond motifs is 1. The highest BCUT2D eigenvalue weighted by Gasteiger charge is 2.13. The minimum Gasteiger partial charge on any atom is -0.366 e. The van der Waals surface area contributed by atoms with Crippen molar-refractivity contribution >= 4 is 28.3 Å². The molecule has 0 spiro atoms. The van der Waals surface area contributed by atoms with Crippen LogP contribution in [-0.4, -0.2) is 20.9 Å². The van der Waals surface area contributed by atoms with E-state index in [0.29, 0.717) is 29.6 Å². The van der Waals surface area contributed by atoms with Crippen molar-refractivity contribution in [1.82, 2.24) is 15.0 Å². The van der Waals surface area contributed by atoms with E-state index in [4.69, 9.17) is 0 Å². The lowest BCUT2D eigenvalue weighted by Gasteiger charge is -2.11. The maximum atomic E-state index is 12.8. The topological polar surface area (TPSA) is 79.8 Å². The molecule has 0 fully saturated rings. The average molecular weight is 383 g/mol. The van der Waals surface area contributed by atoms with Gasteiger partial charge in [0, 0.05) is 24.2 Å². The van der Waals surface area contributed by atoms with Crippen LogP contribution in [0.3, 0.4) is 0 Å². The van der Waals surface area contributed by atoms with Crippen LogP contribution >= 0.6 is 0 Å². The summed E-state index contributed by atoms with van der Waals surface area (Å²) in [6.45, 7) is 4.46. The van der Waals surface area contributed by atoms with Gasteiger partial charge in [-0.2, -0.15) is 0 Å². The standard InChI is InChI=1S/C23H21N5O/c1-15-7-3-4-8-18(15)14-25-21-13-20(26-16(2)27-21)23(29)28-19-11-5-9-17-10-6-12-24-22(17)19/h3-13H,14H2,1-2H3,(H,28,29)(H,25,26,27). The van der Waals surface area contributed by atoms with E-state index in [9.17, 15) is 4.79 Å². The molecule has 0 radical (unpaired) electrons. The first kappa shape index (κ1) is 18.6. The molecule has 0 atom stereocenters. The number of aryl methyl sites for hydroxylation is 2. The van der Waals surface area contributed by atoms with E-state index in [2.05, 4.69) is 44.6 Å². The van der Waals surface area contributed by atoms with Crippen LogP contribution in [0.4, 0.5) is 11.5 Å². The first-order valence-corrected chi connectivity index (χ1v) is 9.39. The van der Waals surface area contributed by atoms with Crippen LogP contribution in [-0.2, 0) is 6.54 Å². The molecule has 0 saturated carbocycles. The minimum absolute atomic E-state index is 0.299. The van der Waals surface area contributed by atoms with Gasteiger partial charge in [0.25, 0.3) is 5.91 Å². The Bertz CT molecular complexity index is 1180. The highest BCUT2D eigenvalue weighted by molar-refractivity contribution is 6.07. The van der Waals surface area contributed by atoms with Crippen molar-refractivity contribution in [3.05, 3.63) is 89.5 Å². The SMILES string of the molecule is Cc1nc(NCc2ccccc2C)cc(C(=O)Nc2cccc3cccnc23)n1. The van der Waals surface area contributed by atoms with E-state index in [0.717, 1.165) is 10.9 Å². The van der Waals surface area contributed by atoms with Gasteiger partial charge in [-0.15, -0.1) is 0 Å². The zero-order chi connectivity index (χ0) is 20.2. The summed E-state index contributed by atoms with van der Waals surface area (Å²) >= 11 is 0. The van der Waals surface area contributed by atoms with Gasteiger partial charge in [-0.3, -0.25) is 9.78 Å². The van der Waals surface area contributed by atoms with Crippen LogP contribution in [0, 0.1) is 13.8 Å². The van der Waals surface area contributed by atoms with Crippen molar-refractivity contribution in [2.24, 2.45) is 0 Å². The first-order valence-electron chi connectivity index (χ1n) is 9.39. The lowest BCUT2D eigenvalue weighted by molar-refractivity contribution is 0.102. The number of rotatable bonds is 5. The zero-order valence-corrected chi connectivity index (χ0v) is 16.3. The van der Waals surface area contributed by atoms with Gasteiger partial charge in [0.2, 0.25) is 0 Å². The van der Waals surface area contributed by atoms with Crippen LogP contribution in [0.1, 0.15) is 27.4 Å². The molecule has 2 aromatic carbocycles. The summed E-state index contributed by atoms with van der Waals surface area (Å²) in [6, 6.07) is 19.3. The van der Waals surface area contributed by atoms with Crippen molar-refractivity contribution in [3.63, 3.8) is 0 Å². The maximum Gasteiger partial charge on any atom is 0.274 e. The van der Waals surface area contributed by atoms with E-state index >= 15 is 0 Å². The number of hydrogen-bond acceptors (Lipinski definition) is 5. The molecule has 144 valence electrons. The molecule has 0 aliphatic heterocycles. The molecule has 6 heteroatoms. The van der Waals surface area contributed by atoms with Gasteiger partial charge in [-0.05, 0) is 37.1 Å². The first-order chi connectivity index (χ1) is 14.1. The molecule has 0 aliphatic carbocycles. The summed E-state index contributed by atoms with van der Waals surface area (Å²) in [5.41, 5.74) is 4.08. The van der Waals surface area contributed by atoms with Crippen molar-refractivity contribution < 1.29 is 4.79 Å². The van der Waals surface area contributed by atoms with Gasteiger partial charge in [-0.25, -0.2) is 9.97 Å². The largest absolute Gasteiger partial charge is 0.366 e. The molecule has 2 heterocycles. The van der Waals surface area contributed by atoms with Gasteiger partial charge >= 0.3 is 0 Å². The molecule has 1 amide bonds. The van der Waals surface area contributed by atoms with E-state index in [-0.39, 0.29) is 5.91 Å². The number of pyridine rings is 1. The Hall–Kier alpha value is -3.80. The van der Waals surface area contributed by atoms with E-state index < -0.39 is 0 Å². The van der Waals surface area contributed by atoms with Gasteiger partial charge < -0.3 is 10.6 Å². The molecule has 0 bridgehead atoms. The summed E-state index contributed by atoms with van der Waals surface area (Å²) in [4.78, 5) is 25.9. The summed E-state index contributed by atoms with van der Waals surface area (Å²) in [6.07, 6.45) is 1.71. The van der Waals surface area contributed by atoms with Crippen LogP contribution in [0.25, 0.3) is 10.9 Å². The van der Waals surface area contributed by atoms with Crippen molar-refractivity contribution in [1.29, 1.82) is 0 Å². The fourth-order valence-corrected chi connectivity index (χ4v) is 3.16. The summed E-state index contributed by atoms with van der Waals surface area (Å²) in [7, 11) is 0. The normalized spacial score (nSPS) is 10.7. The summed E-state index contributed by atoms with van der Waals surface area (Å²) in [5, 5.41) is 7.17. The Morgan fingerprint density at radius 2 is 1.79 bits per heavy atom. The third-order valence-corrected chi connectivity index (χ3v) is 4.67. The maximum absolute atomic E-state index is 12.8.